The SMILES string of the molecule is [3H]c1ccnc(-c2cc(C(=O)O)ccn2)c1. The molecule has 0 aromatic carbocycles. The molecule has 2 heterocycles. The van der Waals surface area contributed by atoms with Crippen molar-refractivity contribution in [3.8, 4) is 11.4 Å². The number of pyridine rings is 2. The first kappa shape index (κ1) is 8.11. The Morgan fingerprint density at radius 1 is 1.27 bits per heavy atom. The van der Waals surface area contributed by atoms with Crippen molar-refractivity contribution in [2.75, 3.05) is 0 Å². The van der Waals surface area contributed by atoms with Crippen LogP contribution >= 0.6 is 0 Å². The standard InChI is InChI=1S/C11H8N2O2/c14-11(15)8-4-6-13-10(7-8)9-3-1-2-5-12-9/h1-7H,(H,14,15)/i1T. The van der Waals surface area contributed by atoms with Gasteiger partial charge >= 0.3 is 5.97 Å². The highest BCUT2D eigenvalue weighted by molar-refractivity contribution is 5.88. The quantitative estimate of drug-likeness (QED) is 0.807. The van der Waals surface area contributed by atoms with E-state index in [1.807, 2.05) is 0 Å². The van der Waals surface area contributed by atoms with E-state index in [4.69, 9.17) is 6.48 Å². The first-order valence-electron chi connectivity index (χ1n) is 4.79. The summed E-state index contributed by atoms with van der Waals surface area (Å²) in [4.78, 5) is 18.8. The molecule has 0 amide bonds. The first-order chi connectivity index (χ1) is 7.66. The molecule has 0 aliphatic rings. The minimum atomic E-state index is -1.01. The van der Waals surface area contributed by atoms with Crippen LogP contribution in [-0.2, 0) is 0 Å². The van der Waals surface area contributed by atoms with E-state index in [1.165, 1.54) is 30.6 Å². The number of rotatable bonds is 2. The number of carboxylic acids is 1. The Morgan fingerprint density at radius 3 is 2.80 bits per heavy atom. The third-order valence-electron chi connectivity index (χ3n) is 1.87. The van der Waals surface area contributed by atoms with Crippen molar-refractivity contribution in [2.45, 2.75) is 0 Å². The second-order valence-corrected chi connectivity index (χ2v) is 2.88. The van der Waals surface area contributed by atoms with Crippen LogP contribution in [0.4, 0.5) is 0 Å². The molecule has 2 rings (SSSR count). The summed E-state index contributed by atoms with van der Waals surface area (Å²) in [7, 11) is 0. The summed E-state index contributed by atoms with van der Waals surface area (Å²) in [5.74, 6) is -1.01. The number of carboxylic acid groups (broad SMARTS) is 1. The summed E-state index contributed by atoms with van der Waals surface area (Å²) in [6, 6.07) is 6.24. The van der Waals surface area contributed by atoms with E-state index in [1.54, 1.807) is 6.07 Å². The van der Waals surface area contributed by atoms with Gasteiger partial charge in [0.05, 0.1) is 18.3 Å². The van der Waals surface area contributed by atoms with Crippen molar-refractivity contribution in [3.63, 3.8) is 0 Å². The molecule has 2 aromatic heterocycles. The molecule has 0 atom stereocenters. The predicted molar refractivity (Wildman–Crippen MR) is 54.4 cm³/mol. The highest BCUT2D eigenvalue weighted by atomic mass is 16.4. The van der Waals surface area contributed by atoms with Gasteiger partial charge in [0.25, 0.3) is 0 Å². The summed E-state index contributed by atoms with van der Waals surface area (Å²) in [5.41, 5.74) is 1.10. The molecule has 1 N–H and O–H groups in total. The van der Waals surface area contributed by atoms with Gasteiger partial charge in [-0.2, -0.15) is 0 Å². The number of hydrogen-bond donors (Lipinski definition) is 1. The molecule has 0 saturated heterocycles. The van der Waals surface area contributed by atoms with Gasteiger partial charge in [-0.15, -0.1) is 0 Å². The van der Waals surface area contributed by atoms with Crippen molar-refractivity contribution >= 4 is 5.97 Å². The van der Waals surface area contributed by atoms with E-state index < -0.39 is 5.97 Å². The number of aromatic carboxylic acids is 1. The molecule has 0 fully saturated rings. The van der Waals surface area contributed by atoms with E-state index in [9.17, 15) is 4.79 Å². The van der Waals surface area contributed by atoms with Crippen LogP contribution in [0.25, 0.3) is 11.4 Å². The van der Waals surface area contributed by atoms with Crippen molar-refractivity contribution in [2.24, 2.45) is 0 Å². The Morgan fingerprint density at radius 2 is 2.07 bits per heavy atom. The van der Waals surface area contributed by atoms with Crippen LogP contribution in [0.3, 0.4) is 0 Å². The zero-order valence-electron chi connectivity index (χ0n) is 8.71. The lowest BCUT2D eigenvalue weighted by Crippen LogP contribution is -1.97. The largest absolute Gasteiger partial charge is 0.478 e. The summed E-state index contributed by atoms with van der Waals surface area (Å²) >= 11 is 0. The van der Waals surface area contributed by atoms with Gasteiger partial charge in [-0.3, -0.25) is 9.97 Å². The molecule has 74 valence electrons. The Kier molecular flexibility index (Phi) is 2.09. The molecule has 0 radical (unpaired) electrons. The average Bonchev–Trinajstić information content (AvgIpc) is 2.29. The van der Waals surface area contributed by atoms with Crippen molar-refractivity contribution in [3.05, 3.63) is 48.3 Å². The Hall–Kier alpha value is -2.23. The van der Waals surface area contributed by atoms with Crippen molar-refractivity contribution < 1.29 is 11.3 Å². The Bertz CT molecular complexity index is 543. The van der Waals surface area contributed by atoms with Gasteiger partial charge in [0, 0.05) is 12.4 Å². The summed E-state index contributed by atoms with van der Waals surface area (Å²) in [6.45, 7) is 0. The zero-order valence-corrected chi connectivity index (χ0v) is 7.71. The van der Waals surface area contributed by atoms with E-state index in [0.717, 1.165) is 0 Å². The average molecular weight is 202 g/mol. The van der Waals surface area contributed by atoms with E-state index in [0.29, 0.717) is 17.4 Å². The van der Waals surface area contributed by atoms with Gasteiger partial charge in [0.15, 0.2) is 0 Å². The monoisotopic (exact) mass is 202 g/mol. The molecule has 0 spiro atoms. The van der Waals surface area contributed by atoms with E-state index >= 15 is 0 Å². The molecule has 0 saturated carbocycles. The van der Waals surface area contributed by atoms with Crippen LogP contribution in [0, 0.1) is 0 Å². The van der Waals surface area contributed by atoms with Gasteiger partial charge < -0.3 is 5.11 Å². The third-order valence-corrected chi connectivity index (χ3v) is 1.87. The Labute approximate surface area is 87.7 Å². The molecule has 2 aromatic rings. The molecule has 4 heteroatoms. The normalized spacial score (nSPS) is 10.8. The number of nitrogens with zero attached hydrogens (tertiary/aromatic N) is 2. The second kappa shape index (κ2) is 3.88. The van der Waals surface area contributed by atoms with Crippen molar-refractivity contribution in [1.29, 1.82) is 0 Å². The summed E-state index contributed by atoms with van der Waals surface area (Å²) in [6.07, 6.45) is 2.91. The highest BCUT2D eigenvalue weighted by Crippen LogP contribution is 2.14. The fourth-order valence-corrected chi connectivity index (χ4v) is 1.17. The lowest BCUT2D eigenvalue weighted by molar-refractivity contribution is 0.0697. The maximum absolute atomic E-state index is 10.8. The van der Waals surface area contributed by atoms with E-state index in [-0.39, 0.29) is 5.56 Å². The van der Waals surface area contributed by atoms with Crippen molar-refractivity contribution in [1.82, 2.24) is 9.97 Å². The maximum atomic E-state index is 10.8. The van der Waals surface area contributed by atoms with Crippen LogP contribution in [0.5, 0.6) is 0 Å². The van der Waals surface area contributed by atoms with Gasteiger partial charge in [-0.25, -0.2) is 4.79 Å². The Balaban J connectivity index is 2.48. The molecule has 0 bridgehead atoms. The third kappa shape index (κ3) is 1.99. The minimum absolute atomic E-state index is 0.155. The van der Waals surface area contributed by atoms with Crippen LogP contribution in [0.2, 0.25) is 0 Å². The van der Waals surface area contributed by atoms with Crippen LogP contribution in [0.15, 0.2) is 42.7 Å². The molecular formula is C11H8N2O2. The lowest BCUT2D eigenvalue weighted by atomic mass is 10.2. The maximum Gasteiger partial charge on any atom is 0.335 e. The fourth-order valence-electron chi connectivity index (χ4n) is 1.17. The van der Waals surface area contributed by atoms with Gasteiger partial charge in [0.2, 0.25) is 0 Å². The summed E-state index contributed by atoms with van der Waals surface area (Å²) < 4.78 is 7.44. The fraction of sp³-hybridized carbons (Fsp3) is 0. The highest BCUT2D eigenvalue weighted by Gasteiger charge is 2.05. The lowest BCUT2D eigenvalue weighted by Gasteiger charge is -2.00. The molecule has 0 unspecified atom stereocenters. The molecule has 0 aliphatic carbocycles. The van der Waals surface area contributed by atoms with Gasteiger partial charge in [-0.05, 0) is 24.3 Å². The predicted octanol–water partition coefficient (Wildman–Crippen LogP) is 1.84. The van der Waals surface area contributed by atoms with E-state index in [2.05, 4.69) is 9.97 Å². The minimum Gasteiger partial charge on any atom is -0.478 e. The molecular weight excluding hydrogens is 192 g/mol. The molecule has 15 heavy (non-hydrogen) atoms. The van der Waals surface area contributed by atoms with Crippen LogP contribution in [0.1, 0.15) is 11.7 Å². The van der Waals surface area contributed by atoms with Gasteiger partial charge in [0.1, 0.15) is 0 Å². The topological polar surface area (TPSA) is 63.1 Å². The summed E-state index contributed by atoms with van der Waals surface area (Å²) in [5, 5.41) is 8.83. The number of aromatic nitrogens is 2. The second-order valence-electron chi connectivity index (χ2n) is 2.88. The van der Waals surface area contributed by atoms with Gasteiger partial charge in [-0.1, -0.05) is 6.04 Å². The molecule has 4 nitrogen and oxygen atoms in total. The first-order valence-corrected chi connectivity index (χ1v) is 4.29. The smallest absolute Gasteiger partial charge is 0.335 e. The van der Waals surface area contributed by atoms with Crippen LogP contribution < -0.4 is 0 Å². The van der Waals surface area contributed by atoms with Crippen LogP contribution in [-0.4, -0.2) is 21.0 Å². The number of hydrogen-bond acceptors (Lipinski definition) is 3. The molecule has 0 aliphatic heterocycles. The number of carbonyl (C=O) groups is 1. The zero-order chi connectivity index (χ0) is 11.5.